The van der Waals surface area contributed by atoms with E-state index in [0.29, 0.717) is 40.5 Å². The molecule has 0 spiro atoms. The summed E-state index contributed by atoms with van der Waals surface area (Å²) in [7, 11) is 0. The lowest BCUT2D eigenvalue weighted by Crippen LogP contribution is -2.27. The number of pyridine rings is 1. The van der Waals surface area contributed by atoms with E-state index in [-0.39, 0.29) is 16.1 Å². The number of hydrogen-bond acceptors (Lipinski definition) is 5. The molecule has 11 heteroatoms. The third-order valence-corrected chi connectivity index (χ3v) is 5.92. The van der Waals surface area contributed by atoms with Crippen molar-refractivity contribution in [3.63, 3.8) is 0 Å². The zero-order valence-electron chi connectivity index (χ0n) is 17.6. The second-order valence-electron chi connectivity index (χ2n) is 7.56. The van der Waals surface area contributed by atoms with Gasteiger partial charge in [0, 0.05) is 11.8 Å². The van der Waals surface area contributed by atoms with Gasteiger partial charge >= 0.3 is 0 Å². The number of halogens is 4. The summed E-state index contributed by atoms with van der Waals surface area (Å²) in [6.45, 7) is 1.86. The molecule has 5 aromatic rings. The van der Waals surface area contributed by atoms with Gasteiger partial charge in [0.25, 0.3) is 5.56 Å². The molecule has 0 saturated heterocycles. The first kappa shape index (κ1) is 21.9. The average Bonchev–Trinajstić information content (AvgIpc) is 3.30. The molecule has 0 bridgehead atoms. The molecule has 0 saturated carbocycles. The van der Waals surface area contributed by atoms with E-state index < -0.39 is 29.1 Å². The third-order valence-electron chi connectivity index (χ3n) is 5.56. The molecule has 0 amide bonds. The maximum absolute atomic E-state index is 14.9. The van der Waals surface area contributed by atoms with Crippen LogP contribution in [-0.4, -0.2) is 24.5 Å². The Hall–Kier alpha value is -3.92. The Morgan fingerprint density at radius 1 is 1.09 bits per heavy atom. The molecule has 172 valence electrons. The van der Waals surface area contributed by atoms with Crippen LogP contribution in [0.1, 0.15) is 25.1 Å². The van der Waals surface area contributed by atoms with E-state index in [4.69, 9.17) is 11.6 Å². The fourth-order valence-corrected chi connectivity index (χ4v) is 4.20. The molecule has 0 radical (unpaired) electrons. The zero-order chi connectivity index (χ0) is 24.0. The van der Waals surface area contributed by atoms with Gasteiger partial charge in [-0.15, -0.1) is 0 Å². The van der Waals surface area contributed by atoms with Gasteiger partial charge in [-0.05, 0) is 36.1 Å². The second kappa shape index (κ2) is 8.45. The number of aromatic nitrogens is 5. The van der Waals surface area contributed by atoms with Gasteiger partial charge in [0.1, 0.15) is 29.3 Å². The Balaban J connectivity index is 1.78. The molecule has 5 rings (SSSR count). The maximum Gasteiger partial charge on any atom is 0.264 e. The zero-order valence-corrected chi connectivity index (χ0v) is 18.4. The lowest BCUT2D eigenvalue weighted by atomic mass is 10.0. The van der Waals surface area contributed by atoms with Crippen LogP contribution >= 0.6 is 11.6 Å². The monoisotopic (exact) mass is 484 g/mol. The van der Waals surface area contributed by atoms with E-state index in [1.807, 2.05) is 6.92 Å². The van der Waals surface area contributed by atoms with Gasteiger partial charge in [0.05, 0.1) is 28.5 Å². The number of H-pyrrole nitrogens is 1. The van der Waals surface area contributed by atoms with Gasteiger partial charge in [-0.25, -0.2) is 28.1 Å². The SMILES string of the molecule is CC[C@@H](Nc1ncnc2nc[nH]c12)c1cc2ccc(F)c(Cl)c2c(=O)n1-c1ccc(F)cc1F. The molecule has 34 heavy (non-hydrogen) atoms. The number of nitrogens with one attached hydrogen (secondary N) is 2. The summed E-state index contributed by atoms with van der Waals surface area (Å²) in [6, 6.07) is 6.51. The highest BCUT2D eigenvalue weighted by molar-refractivity contribution is 6.35. The van der Waals surface area contributed by atoms with Crippen molar-refractivity contribution >= 4 is 39.4 Å². The minimum atomic E-state index is -0.955. The fraction of sp³-hybridized carbons (Fsp3) is 0.130. The molecule has 2 N–H and O–H groups in total. The Kier molecular flexibility index (Phi) is 5.45. The third kappa shape index (κ3) is 3.56. The van der Waals surface area contributed by atoms with Crippen LogP contribution in [0.15, 0.2) is 53.8 Å². The minimum Gasteiger partial charge on any atom is -0.360 e. The Labute approximate surface area is 195 Å². The van der Waals surface area contributed by atoms with Crippen LogP contribution in [0.5, 0.6) is 0 Å². The first-order valence-corrected chi connectivity index (χ1v) is 10.7. The maximum atomic E-state index is 14.9. The second-order valence-corrected chi connectivity index (χ2v) is 7.94. The molecule has 3 aromatic heterocycles. The number of imidazole rings is 1. The molecule has 7 nitrogen and oxygen atoms in total. The molecule has 2 aromatic carbocycles. The molecule has 0 aliphatic heterocycles. The van der Waals surface area contributed by atoms with Gasteiger partial charge in [0.15, 0.2) is 11.5 Å². The number of benzene rings is 2. The summed E-state index contributed by atoms with van der Waals surface area (Å²) in [5.74, 6) is -2.11. The highest BCUT2D eigenvalue weighted by Gasteiger charge is 2.23. The Bertz CT molecular complexity index is 1620. The molecule has 0 fully saturated rings. The van der Waals surface area contributed by atoms with E-state index in [2.05, 4.69) is 25.3 Å². The summed E-state index contributed by atoms with van der Waals surface area (Å²) >= 11 is 6.12. The predicted molar refractivity (Wildman–Crippen MR) is 123 cm³/mol. The van der Waals surface area contributed by atoms with Crippen LogP contribution in [0.25, 0.3) is 27.6 Å². The lowest BCUT2D eigenvalue weighted by molar-refractivity contribution is 0.572. The normalized spacial score (nSPS) is 12.4. The van der Waals surface area contributed by atoms with Gasteiger partial charge < -0.3 is 10.3 Å². The highest BCUT2D eigenvalue weighted by Crippen LogP contribution is 2.31. The molecule has 0 unspecified atom stereocenters. The topological polar surface area (TPSA) is 88.5 Å². The van der Waals surface area contributed by atoms with Crippen molar-refractivity contribution in [2.75, 3.05) is 5.32 Å². The van der Waals surface area contributed by atoms with Crippen molar-refractivity contribution in [3.05, 3.63) is 87.6 Å². The Morgan fingerprint density at radius 2 is 1.91 bits per heavy atom. The molecular weight excluding hydrogens is 469 g/mol. The number of anilines is 1. The van der Waals surface area contributed by atoms with Crippen molar-refractivity contribution in [2.45, 2.75) is 19.4 Å². The van der Waals surface area contributed by atoms with Crippen LogP contribution < -0.4 is 10.9 Å². The largest absolute Gasteiger partial charge is 0.360 e. The lowest BCUT2D eigenvalue weighted by Gasteiger charge is -2.24. The highest BCUT2D eigenvalue weighted by atomic mass is 35.5. The quantitative estimate of drug-likeness (QED) is 0.354. The minimum absolute atomic E-state index is 0.109. The number of nitrogens with zero attached hydrogens (tertiary/aromatic N) is 4. The first-order chi connectivity index (χ1) is 16.4. The van der Waals surface area contributed by atoms with E-state index in [0.717, 1.165) is 22.8 Å². The smallest absolute Gasteiger partial charge is 0.264 e. The van der Waals surface area contributed by atoms with Crippen molar-refractivity contribution in [1.29, 1.82) is 0 Å². The molecule has 0 aliphatic carbocycles. The van der Waals surface area contributed by atoms with Crippen LogP contribution in [0, 0.1) is 17.5 Å². The van der Waals surface area contributed by atoms with Crippen molar-refractivity contribution in [3.8, 4) is 5.69 Å². The Morgan fingerprint density at radius 3 is 2.68 bits per heavy atom. The summed E-state index contributed by atoms with van der Waals surface area (Å²) in [5.41, 5.74) is 0.402. The van der Waals surface area contributed by atoms with E-state index in [1.165, 1.54) is 18.7 Å². The van der Waals surface area contributed by atoms with E-state index >= 15 is 0 Å². The van der Waals surface area contributed by atoms with Gasteiger partial charge in [-0.1, -0.05) is 24.6 Å². The van der Waals surface area contributed by atoms with E-state index in [1.54, 1.807) is 6.07 Å². The van der Waals surface area contributed by atoms with Gasteiger partial charge in [-0.2, -0.15) is 0 Å². The molecule has 1 atom stereocenters. The van der Waals surface area contributed by atoms with Gasteiger partial charge in [0.2, 0.25) is 0 Å². The predicted octanol–water partition coefficient (Wildman–Crippen LogP) is 5.29. The van der Waals surface area contributed by atoms with Crippen molar-refractivity contribution in [2.24, 2.45) is 0 Å². The van der Waals surface area contributed by atoms with Crippen molar-refractivity contribution in [1.82, 2.24) is 24.5 Å². The van der Waals surface area contributed by atoms with Crippen LogP contribution in [0.4, 0.5) is 19.0 Å². The van der Waals surface area contributed by atoms with Crippen LogP contribution in [-0.2, 0) is 0 Å². The van der Waals surface area contributed by atoms with Crippen LogP contribution in [0.2, 0.25) is 5.02 Å². The van der Waals surface area contributed by atoms with Crippen LogP contribution in [0.3, 0.4) is 0 Å². The summed E-state index contributed by atoms with van der Waals surface area (Å²) in [6.07, 6.45) is 3.26. The number of hydrogen-bond donors (Lipinski definition) is 2. The summed E-state index contributed by atoms with van der Waals surface area (Å²) < 4.78 is 43.8. The summed E-state index contributed by atoms with van der Waals surface area (Å²) in [5, 5.41) is 3.14. The number of rotatable bonds is 5. The first-order valence-electron chi connectivity index (χ1n) is 10.3. The van der Waals surface area contributed by atoms with E-state index in [9.17, 15) is 18.0 Å². The van der Waals surface area contributed by atoms with Gasteiger partial charge in [-0.3, -0.25) is 9.36 Å². The summed E-state index contributed by atoms with van der Waals surface area (Å²) in [4.78, 5) is 29.0. The number of aromatic amines is 1. The number of fused-ring (bicyclic) bond motifs is 2. The molecule has 3 heterocycles. The average molecular weight is 485 g/mol. The molecule has 0 aliphatic rings. The van der Waals surface area contributed by atoms with Crippen molar-refractivity contribution < 1.29 is 13.2 Å². The standard InChI is InChI=1S/C23H16ClF3N6O/c1-2-15(32-22-20-21(29-9-28-20)30-10-31-22)17-7-11-3-5-13(26)19(24)18(11)23(34)33(17)16-6-4-12(25)8-14(16)27/h3-10,15H,2H2,1H3,(H2,28,29,30,31,32)/t15-/m1/s1. The fourth-order valence-electron chi connectivity index (χ4n) is 3.95. The molecular formula is C23H16ClF3N6O.